The van der Waals surface area contributed by atoms with Crippen molar-refractivity contribution in [2.24, 2.45) is 0 Å². The average molecular weight is 255 g/mol. The van der Waals surface area contributed by atoms with Crippen LogP contribution in [-0.4, -0.2) is 10.3 Å². The standard InChI is InChI=1S/C12H8F3NO2/c1-2-3-10(17)8-4-7-6-16-18-11(7)5-9(8)12(13,14)15/h1,4-6,10,17H,3H2. The maximum atomic E-state index is 12.9. The molecule has 0 fully saturated rings. The zero-order valence-corrected chi connectivity index (χ0v) is 9.03. The lowest BCUT2D eigenvalue weighted by Crippen LogP contribution is -2.12. The number of aromatic nitrogens is 1. The van der Waals surface area contributed by atoms with E-state index < -0.39 is 17.8 Å². The number of benzene rings is 1. The summed E-state index contributed by atoms with van der Waals surface area (Å²) in [6, 6.07) is 2.01. The van der Waals surface area contributed by atoms with Crippen molar-refractivity contribution in [3.63, 3.8) is 0 Å². The highest BCUT2D eigenvalue weighted by Gasteiger charge is 2.35. The number of fused-ring (bicyclic) bond motifs is 1. The van der Waals surface area contributed by atoms with Gasteiger partial charge in [0.25, 0.3) is 0 Å². The highest BCUT2D eigenvalue weighted by molar-refractivity contribution is 5.78. The van der Waals surface area contributed by atoms with Gasteiger partial charge in [0.05, 0.1) is 17.9 Å². The van der Waals surface area contributed by atoms with E-state index >= 15 is 0 Å². The van der Waals surface area contributed by atoms with Crippen LogP contribution < -0.4 is 0 Å². The number of hydrogen-bond acceptors (Lipinski definition) is 3. The molecule has 94 valence electrons. The van der Waals surface area contributed by atoms with Crippen molar-refractivity contribution < 1.29 is 22.8 Å². The number of halogens is 3. The van der Waals surface area contributed by atoms with Crippen LogP contribution in [0.15, 0.2) is 22.9 Å². The average Bonchev–Trinajstić information content (AvgIpc) is 2.73. The molecule has 1 unspecified atom stereocenters. The zero-order valence-electron chi connectivity index (χ0n) is 9.03. The molecule has 0 aliphatic heterocycles. The minimum Gasteiger partial charge on any atom is -0.387 e. The van der Waals surface area contributed by atoms with Gasteiger partial charge in [0.2, 0.25) is 0 Å². The molecular weight excluding hydrogens is 247 g/mol. The first-order chi connectivity index (χ1) is 8.43. The maximum absolute atomic E-state index is 12.9. The van der Waals surface area contributed by atoms with Crippen molar-refractivity contribution in [1.82, 2.24) is 5.16 Å². The van der Waals surface area contributed by atoms with Crippen LogP contribution in [0, 0.1) is 12.3 Å². The van der Waals surface area contributed by atoms with Crippen molar-refractivity contribution in [3.8, 4) is 12.3 Å². The van der Waals surface area contributed by atoms with E-state index in [-0.39, 0.29) is 17.6 Å². The molecule has 2 aromatic rings. The van der Waals surface area contributed by atoms with E-state index in [0.29, 0.717) is 5.39 Å². The number of hydrogen-bond donors (Lipinski definition) is 1. The summed E-state index contributed by atoms with van der Waals surface area (Å²) in [4.78, 5) is 0. The van der Waals surface area contributed by atoms with Gasteiger partial charge in [-0.05, 0) is 17.7 Å². The molecule has 0 aliphatic carbocycles. The molecule has 3 nitrogen and oxygen atoms in total. The van der Waals surface area contributed by atoms with Crippen LogP contribution in [0.25, 0.3) is 11.0 Å². The van der Waals surface area contributed by atoms with E-state index in [0.717, 1.165) is 6.07 Å². The van der Waals surface area contributed by atoms with E-state index in [9.17, 15) is 18.3 Å². The molecule has 0 radical (unpaired) electrons. The van der Waals surface area contributed by atoms with Crippen LogP contribution in [0.2, 0.25) is 0 Å². The fourth-order valence-corrected chi connectivity index (χ4v) is 1.68. The Bertz CT molecular complexity index is 610. The number of nitrogens with zero attached hydrogens (tertiary/aromatic N) is 1. The van der Waals surface area contributed by atoms with Gasteiger partial charge in [-0.2, -0.15) is 13.2 Å². The quantitative estimate of drug-likeness (QED) is 0.839. The fraction of sp³-hybridized carbons (Fsp3) is 0.250. The summed E-state index contributed by atoms with van der Waals surface area (Å²) in [5, 5.41) is 13.5. The van der Waals surface area contributed by atoms with E-state index in [2.05, 4.69) is 15.6 Å². The minimum absolute atomic E-state index is 0.0129. The lowest BCUT2D eigenvalue weighted by Gasteiger charge is -2.15. The predicted molar refractivity (Wildman–Crippen MR) is 57.4 cm³/mol. The van der Waals surface area contributed by atoms with Crippen molar-refractivity contribution in [1.29, 1.82) is 0 Å². The van der Waals surface area contributed by atoms with Crippen LogP contribution in [-0.2, 0) is 6.18 Å². The van der Waals surface area contributed by atoms with Gasteiger partial charge in [0.1, 0.15) is 0 Å². The number of aliphatic hydroxyl groups excluding tert-OH is 1. The smallest absolute Gasteiger partial charge is 0.387 e. The zero-order chi connectivity index (χ0) is 13.3. The van der Waals surface area contributed by atoms with Crippen LogP contribution in [0.5, 0.6) is 0 Å². The van der Waals surface area contributed by atoms with Crippen molar-refractivity contribution in [2.75, 3.05) is 0 Å². The van der Waals surface area contributed by atoms with E-state index in [1.165, 1.54) is 12.3 Å². The molecule has 1 heterocycles. The summed E-state index contributed by atoms with van der Waals surface area (Å²) < 4.78 is 43.3. The molecule has 18 heavy (non-hydrogen) atoms. The molecule has 1 N–H and O–H groups in total. The molecule has 0 aliphatic rings. The summed E-state index contributed by atoms with van der Waals surface area (Å²) in [5.74, 6) is 2.13. The maximum Gasteiger partial charge on any atom is 0.416 e. The molecule has 0 amide bonds. The second kappa shape index (κ2) is 4.35. The molecule has 0 saturated carbocycles. The van der Waals surface area contributed by atoms with Gasteiger partial charge in [-0.3, -0.25) is 0 Å². The van der Waals surface area contributed by atoms with Gasteiger partial charge in [0.15, 0.2) is 5.58 Å². The first-order valence-electron chi connectivity index (χ1n) is 5.00. The summed E-state index contributed by atoms with van der Waals surface area (Å²) in [7, 11) is 0. The predicted octanol–water partition coefficient (Wildman–Crippen LogP) is 2.90. The first kappa shape index (κ1) is 12.5. The van der Waals surface area contributed by atoms with Gasteiger partial charge < -0.3 is 9.63 Å². The van der Waals surface area contributed by atoms with Crippen LogP contribution in [0.4, 0.5) is 13.2 Å². The molecule has 0 saturated heterocycles. The Labute approximate surface area is 100 Å². The first-order valence-corrected chi connectivity index (χ1v) is 5.00. The Morgan fingerprint density at radius 1 is 1.44 bits per heavy atom. The Kier molecular flexibility index (Phi) is 3.01. The third kappa shape index (κ3) is 2.17. The second-order valence-corrected chi connectivity index (χ2v) is 3.72. The highest BCUT2D eigenvalue weighted by atomic mass is 19.4. The van der Waals surface area contributed by atoms with Crippen LogP contribution >= 0.6 is 0 Å². The third-order valence-corrected chi connectivity index (χ3v) is 2.50. The lowest BCUT2D eigenvalue weighted by molar-refractivity contribution is -0.139. The Balaban J connectivity index is 2.64. The topological polar surface area (TPSA) is 46.3 Å². The van der Waals surface area contributed by atoms with Gasteiger partial charge >= 0.3 is 6.18 Å². The second-order valence-electron chi connectivity index (χ2n) is 3.72. The van der Waals surface area contributed by atoms with E-state index in [1.54, 1.807) is 0 Å². The van der Waals surface area contributed by atoms with Crippen molar-refractivity contribution >= 4 is 11.0 Å². The summed E-state index contributed by atoms with van der Waals surface area (Å²) >= 11 is 0. The van der Waals surface area contributed by atoms with Gasteiger partial charge in [-0.25, -0.2) is 0 Å². The monoisotopic (exact) mass is 255 g/mol. The molecule has 1 aromatic heterocycles. The largest absolute Gasteiger partial charge is 0.416 e. The Morgan fingerprint density at radius 3 is 2.78 bits per heavy atom. The van der Waals surface area contributed by atoms with Crippen LogP contribution in [0.3, 0.4) is 0 Å². The van der Waals surface area contributed by atoms with Crippen molar-refractivity contribution in [2.45, 2.75) is 18.7 Å². The number of terminal acetylenes is 1. The van der Waals surface area contributed by atoms with E-state index in [1.807, 2.05) is 0 Å². The minimum atomic E-state index is -4.59. The molecule has 2 rings (SSSR count). The third-order valence-electron chi connectivity index (χ3n) is 2.50. The summed E-state index contributed by atoms with van der Waals surface area (Å²) in [6.45, 7) is 0. The van der Waals surface area contributed by atoms with Gasteiger partial charge in [-0.1, -0.05) is 5.16 Å². The fourth-order valence-electron chi connectivity index (χ4n) is 1.68. The number of rotatable bonds is 2. The molecule has 0 spiro atoms. The van der Waals surface area contributed by atoms with Crippen LogP contribution in [0.1, 0.15) is 23.7 Å². The normalized spacial score (nSPS) is 13.5. The number of alkyl halides is 3. The molecule has 1 aromatic carbocycles. The molecule has 1 atom stereocenters. The Hall–Kier alpha value is -2.00. The van der Waals surface area contributed by atoms with Crippen molar-refractivity contribution in [3.05, 3.63) is 29.5 Å². The molecular formula is C12H8F3NO2. The SMILES string of the molecule is C#CCC(O)c1cc2cnoc2cc1C(F)(F)F. The van der Waals surface area contributed by atoms with Gasteiger partial charge in [-0.15, -0.1) is 12.3 Å². The number of aliphatic hydroxyl groups is 1. The lowest BCUT2D eigenvalue weighted by atomic mass is 9.98. The highest BCUT2D eigenvalue weighted by Crippen LogP contribution is 2.37. The molecule has 6 heteroatoms. The van der Waals surface area contributed by atoms with Gasteiger partial charge in [0, 0.05) is 11.8 Å². The summed E-state index contributed by atoms with van der Waals surface area (Å²) in [5.41, 5.74) is -1.22. The van der Waals surface area contributed by atoms with E-state index in [4.69, 9.17) is 6.42 Å². The summed E-state index contributed by atoms with van der Waals surface area (Å²) in [6.07, 6.45) is 0.120. The molecule has 0 bridgehead atoms. The Morgan fingerprint density at radius 2 is 2.17 bits per heavy atom.